The molecule has 2 rings (SSSR count). The first-order valence-corrected chi connectivity index (χ1v) is 6.75. The van der Waals surface area contributed by atoms with Crippen molar-refractivity contribution in [3.05, 3.63) is 35.4 Å². The molecule has 1 aliphatic heterocycles. The summed E-state index contributed by atoms with van der Waals surface area (Å²) in [6.07, 6.45) is 6.60. The third-order valence-electron chi connectivity index (χ3n) is 3.52. The molecule has 2 heteroatoms. The smallest absolute Gasteiger partial charge is 0.0897 e. The van der Waals surface area contributed by atoms with Crippen LogP contribution in [0.5, 0.6) is 0 Å². The normalized spacial score (nSPS) is 20.4. The Bertz CT molecular complexity index is 314. The van der Waals surface area contributed by atoms with E-state index in [4.69, 9.17) is 0 Å². The van der Waals surface area contributed by atoms with Crippen molar-refractivity contribution in [3.8, 4) is 0 Å². The zero-order valence-corrected chi connectivity index (χ0v) is 10.4. The van der Waals surface area contributed by atoms with Gasteiger partial charge in [-0.1, -0.05) is 30.7 Å². The summed E-state index contributed by atoms with van der Waals surface area (Å²) >= 11 is 0. The second-order valence-corrected chi connectivity index (χ2v) is 4.96. The average Bonchev–Trinajstić information content (AvgIpc) is 2.39. The number of benzene rings is 1. The van der Waals surface area contributed by atoms with Crippen molar-refractivity contribution in [2.75, 3.05) is 13.2 Å². The quantitative estimate of drug-likeness (QED) is 0.826. The van der Waals surface area contributed by atoms with E-state index in [9.17, 15) is 4.39 Å². The second-order valence-electron chi connectivity index (χ2n) is 4.96. The molecule has 1 aliphatic rings. The molecule has 0 amide bonds. The minimum absolute atomic E-state index is 0.215. The number of hydrogen-bond donors (Lipinski definition) is 1. The van der Waals surface area contributed by atoms with Gasteiger partial charge >= 0.3 is 0 Å². The first-order chi connectivity index (χ1) is 8.38. The SMILES string of the molecule is FCCCc1ccc(CC2CCCCN2)cc1. The van der Waals surface area contributed by atoms with Crippen LogP contribution in [0, 0.1) is 0 Å². The number of rotatable bonds is 5. The van der Waals surface area contributed by atoms with E-state index in [1.807, 2.05) is 0 Å². The van der Waals surface area contributed by atoms with Crippen molar-refractivity contribution >= 4 is 0 Å². The van der Waals surface area contributed by atoms with Gasteiger partial charge in [-0.15, -0.1) is 0 Å². The standard InChI is InChI=1S/C15H22FN/c16-10-3-4-13-6-8-14(9-7-13)12-15-5-1-2-11-17-15/h6-9,15,17H,1-5,10-12H2. The van der Waals surface area contributed by atoms with Gasteiger partial charge < -0.3 is 5.32 Å². The maximum absolute atomic E-state index is 12.1. The summed E-state index contributed by atoms with van der Waals surface area (Å²) in [6, 6.07) is 9.34. The van der Waals surface area contributed by atoms with Gasteiger partial charge in [0.1, 0.15) is 0 Å². The van der Waals surface area contributed by atoms with Gasteiger partial charge in [-0.3, -0.25) is 4.39 Å². The van der Waals surface area contributed by atoms with Crippen LogP contribution in [0.1, 0.15) is 36.8 Å². The van der Waals surface area contributed by atoms with E-state index in [2.05, 4.69) is 29.6 Å². The monoisotopic (exact) mass is 235 g/mol. The van der Waals surface area contributed by atoms with Gasteiger partial charge in [-0.25, -0.2) is 0 Å². The van der Waals surface area contributed by atoms with Crippen LogP contribution in [0.25, 0.3) is 0 Å². The number of hydrogen-bond acceptors (Lipinski definition) is 1. The van der Waals surface area contributed by atoms with Crippen LogP contribution < -0.4 is 5.32 Å². The molecule has 0 aromatic heterocycles. The zero-order valence-electron chi connectivity index (χ0n) is 10.4. The van der Waals surface area contributed by atoms with Crippen LogP contribution in [0.2, 0.25) is 0 Å². The number of alkyl halides is 1. The first-order valence-electron chi connectivity index (χ1n) is 6.75. The molecule has 1 unspecified atom stereocenters. The Morgan fingerprint density at radius 1 is 1.12 bits per heavy atom. The maximum Gasteiger partial charge on any atom is 0.0897 e. The van der Waals surface area contributed by atoms with Crippen LogP contribution in [0.15, 0.2) is 24.3 Å². The van der Waals surface area contributed by atoms with E-state index in [1.165, 1.54) is 36.9 Å². The van der Waals surface area contributed by atoms with E-state index in [1.54, 1.807) is 0 Å². The molecule has 0 spiro atoms. The molecule has 0 bridgehead atoms. The van der Waals surface area contributed by atoms with Crippen molar-refractivity contribution < 1.29 is 4.39 Å². The van der Waals surface area contributed by atoms with Gasteiger partial charge in [0.2, 0.25) is 0 Å². The summed E-state index contributed by atoms with van der Waals surface area (Å²) in [5, 5.41) is 3.57. The Labute approximate surface area is 103 Å². The molecule has 1 fully saturated rings. The minimum atomic E-state index is -0.215. The van der Waals surface area contributed by atoms with Crippen LogP contribution in [-0.4, -0.2) is 19.3 Å². The Morgan fingerprint density at radius 3 is 2.53 bits per heavy atom. The highest BCUT2D eigenvalue weighted by Crippen LogP contribution is 2.14. The number of aryl methyl sites for hydroxylation is 1. The topological polar surface area (TPSA) is 12.0 Å². The summed E-state index contributed by atoms with van der Waals surface area (Å²) in [7, 11) is 0. The summed E-state index contributed by atoms with van der Waals surface area (Å²) in [4.78, 5) is 0. The molecular formula is C15H22FN. The number of piperidine rings is 1. The number of nitrogens with one attached hydrogen (secondary N) is 1. The van der Waals surface area contributed by atoms with Crippen molar-refractivity contribution in [2.24, 2.45) is 0 Å². The molecule has 1 saturated heterocycles. The molecule has 0 radical (unpaired) electrons. The highest BCUT2D eigenvalue weighted by Gasteiger charge is 2.12. The van der Waals surface area contributed by atoms with E-state index in [0.29, 0.717) is 12.5 Å². The van der Waals surface area contributed by atoms with Gasteiger partial charge in [0.25, 0.3) is 0 Å². The lowest BCUT2D eigenvalue weighted by molar-refractivity contribution is 0.399. The molecule has 1 aromatic rings. The lowest BCUT2D eigenvalue weighted by atomic mass is 9.97. The second kappa shape index (κ2) is 6.75. The molecular weight excluding hydrogens is 213 g/mol. The first kappa shape index (κ1) is 12.6. The summed E-state index contributed by atoms with van der Waals surface area (Å²) in [6.45, 7) is 0.951. The van der Waals surface area contributed by atoms with Crippen LogP contribution in [0.3, 0.4) is 0 Å². The Morgan fingerprint density at radius 2 is 1.88 bits per heavy atom. The Hall–Kier alpha value is -0.890. The molecule has 17 heavy (non-hydrogen) atoms. The minimum Gasteiger partial charge on any atom is -0.314 e. The molecule has 94 valence electrons. The van der Waals surface area contributed by atoms with Crippen molar-refractivity contribution in [1.82, 2.24) is 5.32 Å². The van der Waals surface area contributed by atoms with Crippen LogP contribution >= 0.6 is 0 Å². The molecule has 0 saturated carbocycles. The van der Waals surface area contributed by atoms with Crippen molar-refractivity contribution in [2.45, 2.75) is 44.6 Å². The predicted octanol–water partition coefficient (Wildman–Crippen LogP) is 3.27. The highest BCUT2D eigenvalue weighted by atomic mass is 19.1. The van der Waals surface area contributed by atoms with Crippen LogP contribution in [-0.2, 0) is 12.8 Å². The zero-order chi connectivity index (χ0) is 11.9. The largest absolute Gasteiger partial charge is 0.314 e. The summed E-state index contributed by atoms with van der Waals surface area (Å²) < 4.78 is 12.1. The lowest BCUT2D eigenvalue weighted by Crippen LogP contribution is -2.35. The fourth-order valence-electron chi connectivity index (χ4n) is 2.50. The molecule has 1 atom stereocenters. The molecule has 1 heterocycles. The molecule has 1 aromatic carbocycles. The summed E-state index contributed by atoms with van der Waals surface area (Å²) in [5.41, 5.74) is 2.65. The van der Waals surface area contributed by atoms with Gasteiger partial charge in [0, 0.05) is 6.04 Å². The third-order valence-corrected chi connectivity index (χ3v) is 3.52. The van der Waals surface area contributed by atoms with Gasteiger partial charge in [0.05, 0.1) is 6.67 Å². The molecule has 0 aliphatic carbocycles. The average molecular weight is 235 g/mol. The van der Waals surface area contributed by atoms with E-state index >= 15 is 0 Å². The van der Waals surface area contributed by atoms with Gasteiger partial charge in [-0.2, -0.15) is 0 Å². The van der Waals surface area contributed by atoms with Crippen LogP contribution in [0.4, 0.5) is 4.39 Å². The fraction of sp³-hybridized carbons (Fsp3) is 0.600. The predicted molar refractivity (Wildman–Crippen MR) is 70.1 cm³/mol. The number of halogens is 1. The Kier molecular flexibility index (Phi) is 4.99. The van der Waals surface area contributed by atoms with E-state index in [0.717, 1.165) is 12.8 Å². The lowest BCUT2D eigenvalue weighted by Gasteiger charge is -2.23. The van der Waals surface area contributed by atoms with E-state index < -0.39 is 0 Å². The molecule has 1 nitrogen and oxygen atoms in total. The van der Waals surface area contributed by atoms with Gasteiger partial charge in [-0.05, 0) is 49.8 Å². The van der Waals surface area contributed by atoms with E-state index in [-0.39, 0.29) is 6.67 Å². The summed E-state index contributed by atoms with van der Waals surface area (Å²) in [5.74, 6) is 0. The Balaban J connectivity index is 1.84. The highest BCUT2D eigenvalue weighted by molar-refractivity contribution is 5.23. The van der Waals surface area contributed by atoms with Gasteiger partial charge in [0.15, 0.2) is 0 Å². The fourth-order valence-corrected chi connectivity index (χ4v) is 2.50. The van der Waals surface area contributed by atoms with Crippen molar-refractivity contribution in [3.63, 3.8) is 0 Å². The molecule has 1 N–H and O–H groups in total. The maximum atomic E-state index is 12.1. The third kappa shape index (κ3) is 4.12. The van der Waals surface area contributed by atoms with Crippen molar-refractivity contribution in [1.29, 1.82) is 0 Å².